The molecule has 8 nitrogen and oxygen atoms in total. The lowest BCUT2D eigenvalue weighted by Gasteiger charge is -2.40. The molecule has 10 heteroatoms. The third-order valence-corrected chi connectivity index (χ3v) is 6.94. The topological polar surface area (TPSA) is 127 Å². The number of aromatic hydroxyl groups is 2. The third-order valence-electron chi connectivity index (χ3n) is 4.38. The third kappa shape index (κ3) is 4.92. The maximum atomic E-state index is 12.8. The number of piperazine rings is 1. The number of carbonyl (C=O) groups excluding carboxylic acids is 2. The fourth-order valence-corrected chi connectivity index (χ4v) is 3.58. The molecule has 1 aliphatic heterocycles. The number of nitrogens with one attached hydrogen (secondary N) is 1. The summed E-state index contributed by atoms with van der Waals surface area (Å²) in [4.78, 5) is 36.4. The van der Waals surface area contributed by atoms with Gasteiger partial charge in [0.05, 0.1) is 4.83 Å². The van der Waals surface area contributed by atoms with Gasteiger partial charge in [-0.3, -0.25) is 14.4 Å². The number of carboxylic acid groups (broad SMARTS) is 1. The molecule has 1 heterocycles. The molecular weight excluding hydrogens is 488 g/mol. The highest BCUT2D eigenvalue weighted by molar-refractivity contribution is 9.12. The molecule has 4 N–H and O–H groups in total. The van der Waals surface area contributed by atoms with E-state index in [0.29, 0.717) is 12.0 Å². The molecule has 1 aliphatic rings. The van der Waals surface area contributed by atoms with Crippen LogP contribution in [0.2, 0.25) is 0 Å². The Hall–Kier alpha value is -1.81. The standard InChI is InChI=1S/C17H20Br2N2O6/c1-2-10-16(25)21(7-9(18)14(19)17(26)27)11(15(24)20-10)5-8-3-4-12(22)13(23)6-8/h3-4,6,9-11,14,22-23H,2,5,7H2,1H3,(H,20,24)(H,26,27). The van der Waals surface area contributed by atoms with Crippen molar-refractivity contribution in [3.63, 3.8) is 0 Å². The minimum atomic E-state index is -1.09. The van der Waals surface area contributed by atoms with Gasteiger partial charge in [0.25, 0.3) is 0 Å². The van der Waals surface area contributed by atoms with E-state index in [4.69, 9.17) is 5.11 Å². The highest BCUT2D eigenvalue weighted by atomic mass is 79.9. The van der Waals surface area contributed by atoms with Crippen molar-refractivity contribution in [3.05, 3.63) is 23.8 Å². The molecule has 0 spiro atoms. The van der Waals surface area contributed by atoms with Crippen molar-refractivity contribution in [1.82, 2.24) is 10.2 Å². The number of hydrogen-bond donors (Lipinski definition) is 4. The summed E-state index contributed by atoms with van der Waals surface area (Å²) in [6, 6.07) is 2.65. The molecular formula is C17H20Br2N2O6. The summed E-state index contributed by atoms with van der Waals surface area (Å²) in [6.45, 7) is 1.79. The maximum Gasteiger partial charge on any atom is 0.318 e. The SMILES string of the molecule is CCC1NC(=O)C(Cc2ccc(O)c(O)c2)N(CC(Br)C(Br)C(=O)O)C1=O. The molecule has 4 unspecified atom stereocenters. The van der Waals surface area contributed by atoms with Crippen LogP contribution in [-0.2, 0) is 20.8 Å². The van der Waals surface area contributed by atoms with Crippen LogP contribution in [0.4, 0.5) is 0 Å². The Labute approximate surface area is 172 Å². The van der Waals surface area contributed by atoms with Crippen LogP contribution in [0, 0.1) is 0 Å². The van der Waals surface area contributed by atoms with E-state index in [1.165, 1.54) is 17.0 Å². The van der Waals surface area contributed by atoms with E-state index < -0.39 is 27.7 Å². The van der Waals surface area contributed by atoms with Crippen LogP contribution in [0.25, 0.3) is 0 Å². The van der Waals surface area contributed by atoms with Gasteiger partial charge in [0.15, 0.2) is 11.5 Å². The van der Waals surface area contributed by atoms with Crippen LogP contribution in [0.5, 0.6) is 11.5 Å². The van der Waals surface area contributed by atoms with Gasteiger partial charge < -0.3 is 25.5 Å². The summed E-state index contributed by atoms with van der Waals surface area (Å²) in [6.07, 6.45) is 0.527. The van der Waals surface area contributed by atoms with Gasteiger partial charge in [0.1, 0.15) is 16.9 Å². The summed E-state index contributed by atoms with van der Waals surface area (Å²) >= 11 is 6.34. The van der Waals surface area contributed by atoms with Gasteiger partial charge in [-0.05, 0) is 24.1 Å². The van der Waals surface area contributed by atoms with Crippen LogP contribution in [0.1, 0.15) is 18.9 Å². The minimum absolute atomic E-state index is 0.0136. The number of rotatable bonds is 7. The number of aliphatic carboxylic acids is 1. The van der Waals surface area contributed by atoms with Crippen molar-refractivity contribution in [2.45, 2.75) is 41.5 Å². The molecule has 148 valence electrons. The molecule has 0 radical (unpaired) electrons. The van der Waals surface area contributed by atoms with Gasteiger partial charge in [-0.1, -0.05) is 44.8 Å². The van der Waals surface area contributed by atoms with Gasteiger partial charge in [-0.15, -0.1) is 0 Å². The van der Waals surface area contributed by atoms with E-state index in [9.17, 15) is 24.6 Å². The molecule has 0 bridgehead atoms. The average molecular weight is 508 g/mol. The number of phenolic OH excluding ortho intramolecular Hbond substituents is 2. The molecule has 1 fully saturated rings. The fraction of sp³-hybridized carbons (Fsp3) is 0.471. The number of hydrogen-bond acceptors (Lipinski definition) is 5. The van der Waals surface area contributed by atoms with Crippen LogP contribution in [-0.4, -0.2) is 66.3 Å². The summed E-state index contributed by atoms with van der Waals surface area (Å²) in [7, 11) is 0. The van der Waals surface area contributed by atoms with E-state index >= 15 is 0 Å². The van der Waals surface area contributed by atoms with Gasteiger partial charge in [-0.25, -0.2) is 0 Å². The molecule has 0 aromatic heterocycles. The van der Waals surface area contributed by atoms with Crippen molar-refractivity contribution in [2.24, 2.45) is 0 Å². The molecule has 0 saturated carbocycles. The van der Waals surface area contributed by atoms with Crippen LogP contribution >= 0.6 is 31.9 Å². The Morgan fingerprint density at radius 1 is 1.26 bits per heavy atom. The summed E-state index contributed by atoms with van der Waals surface area (Å²) in [5.74, 6) is -2.33. The smallest absolute Gasteiger partial charge is 0.318 e. The molecule has 1 saturated heterocycles. The predicted molar refractivity (Wildman–Crippen MR) is 104 cm³/mol. The summed E-state index contributed by atoms with van der Waals surface area (Å²) in [5, 5.41) is 30.9. The van der Waals surface area contributed by atoms with E-state index in [1.54, 1.807) is 13.0 Å². The summed E-state index contributed by atoms with van der Waals surface area (Å²) in [5.41, 5.74) is 0.554. The van der Waals surface area contributed by atoms with E-state index in [0.717, 1.165) is 0 Å². The van der Waals surface area contributed by atoms with Crippen LogP contribution in [0.15, 0.2) is 18.2 Å². The predicted octanol–water partition coefficient (Wildman–Crippen LogP) is 1.36. The van der Waals surface area contributed by atoms with E-state index in [-0.39, 0.29) is 36.3 Å². The number of halogens is 2. The zero-order chi connectivity index (χ0) is 20.3. The quantitative estimate of drug-likeness (QED) is 0.326. The average Bonchev–Trinajstić information content (AvgIpc) is 2.62. The van der Waals surface area contributed by atoms with Crippen LogP contribution < -0.4 is 5.32 Å². The fourth-order valence-electron chi connectivity index (χ4n) is 2.88. The molecule has 1 aromatic rings. The lowest BCUT2D eigenvalue weighted by atomic mass is 9.98. The van der Waals surface area contributed by atoms with Crippen molar-refractivity contribution in [3.8, 4) is 11.5 Å². The number of nitrogens with zero attached hydrogens (tertiary/aromatic N) is 1. The lowest BCUT2D eigenvalue weighted by Crippen LogP contribution is -2.65. The Morgan fingerprint density at radius 2 is 1.93 bits per heavy atom. The number of benzene rings is 1. The highest BCUT2D eigenvalue weighted by Crippen LogP contribution is 2.27. The second kappa shape index (κ2) is 8.92. The number of amides is 2. The van der Waals surface area contributed by atoms with Gasteiger partial charge in [0, 0.05) is 13.0 Å². The Bertz CT molecular complexity index is 744. The number of carboxylic acids is 1. The van der Waals surface area contributed by atoms with Crippen molar-refractivity contribution < 1.29 is 29.7 Å². The van der Waals surface area contributed by atoms with Crippen molar-refractivity contribution >= 4 is 49.6 Å². The first-order valence-corrected chi connectivity index (χ1v) is 10.1. The molecule has 4 atom stereocenters. The maximum absolute atomic E-state index is 12.8. The Balaban J connectivity index is 2.29. The molecule has 27 heavy (non-hydrogen) atoms. The second-order valence-electron chi connectivity index (χ2n) is 6.26. The van der Waals surface area contributed by atoms with E-state index in [1.807, 2.05) is 0 Å². The van der Waals surface area contributed by atoms with Crippen molar-refractivity contribution in [1.29, 1.82) is 0 Å². The highest BCUT2D eigenvalue weighted by Gasteiger charge is 2.41. The number of phenols is 2. The molecule has 1 aromatic carbocycles. The van der Waals surface area contributed by atoms with Gasteiger partial charge >= 0.3 is 5.97 Å². The largest absolute Gasteiger partial charge is 0.504 e. The zero-order valence-electron chi connectivity index (χ0n) is 14.4. The van der Waals surface area contributed by atoms with Crippen molar-refractivity contribution in [2.75, 3.05) is 6.54 Å². The first-order valence-electron chi connectivity index (χ1n) is 8.28. The number of carbonyl (C=O) groups is 3. The lowest BCUT2D eigenvalue weighted by molar-refractivity contribution is -0.149. The number of alkyl halides is 2. The van der Waals surface area contributed by atoms with Gasteiger partial charge in [-0.2, -0.15) is 0 Å². The Kier molecular flexibility index (Phi) is 7.10. The monoisotopic (exact) mass is 506 g/mol. The van der Waals surface area contributed by atoms with Crippen LogP contribution in [0.3, 0.4) is 0 Å². The first kappa shape index (κ1) is 21.5. The molecule has 2 amide bonds. The minimum Gasteiger partial charge on any atom is -0.504 e. The van der Waals surface area contributed by atoms with E-state index in [2.05, 4.69) is 37.2 Å². The normalized spacial score (nSPS) is 22.3. The van der Waals surface area contributed by atoms with Gasteiger partial charge in [0.2, 0.25) is 11.8 Å². The second-order valence-corrected chi connectivity index (χ2v) is 8.42. The molecule has 2 rings (SSSR count). The summed E-state index contributed by atoms with van der Waals surface area (Å²) < 4.78 is 0. The molecule has 0 aliphatic carbocycles. The zero-order valence-corrected chi connectivity index (χ0v) is 17.6. The first-order chi connectivity index (χ1) is 12.6. The Morgan fingerprint density at radius 3 is 2.48 bits per heavy atom.